The molecule has 0 spiro atoms. The van der Waals surface area contributed by atoms with E-state index in [1.54, 1.807) is 18.1 Å². The lowest BCUT2D eigenvalue weighted by molar-refractivity contribution is 0.0492. The van der Waals surface area contributed by atoms with Gasteiger partial charge in [-0.05, 0) is 42.4 Å². The number of rotatable bonds is 6. The summed E-state index contributed by atoms with van der Waals surface area (Å²) in [4.78, 5) is 28.2. The average molecular weight is 490 g/mol. The number of halogens is 1. The van der Waals surface area contributed by atoms with Gasteiger partial charge in [-0.2, -0.15) is 0 Å². The van der Waals surface area contributed by atoms with E-state index in [1.807, 2.05) is 65.3 Å². The number of ether oxygens (including phenoxy) is 1. The van der Waals surface area contributed by atoms with Gasteiger partial charge in [-0.3, -0.25) is 19.3 Å². The molecule has 7 heteroatoms. The summed E-state index contributed by atoms with van der Waals surface area (Å²) in [5.74, 6) is 0.0775. The van der Waals surface area contributed by atoms with E-state index >= 15 is 0 Å². The summed E-state index contributed by atoms with van der Waals surface area (Å²) in [6.07, 6.45) is 5.98. The standard InChI is InChI=1S/C28H28ClN3O3/c1-3-9-20-14-15-24-30(2)28(34)26-27(35-18-19-10-5-4-6-11-19)23(33)16-17-31(26)32(24)25(20)21-12-7-8-13-22(21)29/h3-8,10-13,16-17,20,24-25H,1,9,14-15,18H2,2H3. The SMILES string of the molecule is C=CCC1CCC2N(C)C(=O)c3c(OCc4ccccc4)c(=O)ccn3N2C1c1ccccc1Cl. The van der Waals surface area contributed by atoms with Gasteiger partial charge in [0, 0.05) is 24.3 Å². The molecule has 3 unspecified atom stereocenters. The zero-order valence-corrected chi connectivity index (χ0v) is 20.4. The van der Waals surface area contributed by atoms with Gasteiger partial charge < -0.3 is 9.64 Å². The van der Waals surface area contributed by atoms with Crippen LogP contribution in [-0.2, 0) is 6.61 Å². The number of aromatic nitrogens is 1. The highest BCUT2D eigenvalue weighted by Gasteiger charge is 2.46. The van der Waals surface area contributed by atoms with Crippen molar-refractivity contribution >= 4 is 17.5 Å². The van der Waals surface area contributed by atoms with Gasteiger partial charge in [0.1, 0.15) is 12.8 Å². The zero-order chi connectivity index (χ0) is 24.5. The molecular weight excluding hydrogens is 462 g/mol. The minimum atomic E-state index is -0.318. The summed E-state index contributed by atoms with van der Waals surface area (Å²) in [7, 11) is 1.79. The molecular formula is C28H28ClN3O3. The molecule has 1 aromatic heterocycles. The van der Waals surface area contributed by atoms with Gasteiger partial charge in [0.25, 0.3) is 5.91 Å². The number of pyridine rings is 1. The zero-order valence-electron chi connectivity index (χ0n) is 19.6. The van der Waals surface area contributed by atoms with E-state index in [-0.39, 0.29) is 47.5 Å². The molecule has 2 aromatic carbocycles. The van der Waals surface area contributed by atoms with Crippen molar-refractivity contribution in [2.24, 2.45) is 5.92 Å². The molecule has 0 N–H and O–H groups in total. The molecule has 2 aliphatic rings. The summed E-state index contributed by atoms with van der Waals surface area (Å²) in [5.41, 5.74) is 1.83. The highest BCUT2D eigenvalue weighted by molar-refractivity contribution is 6.31. The second-order valence-corrected chi connectivity index (χ2v) is 9.49. The second kappa shape index (κ2) is 9.62. The van der Waals surface area contributed by atoms with Gasteiger partial charge >= 0.3 is 0 Å². The molecule has 3 atom stereocenters. The van der Waals surface area contributed by atoms with Gasteiger partial charge in [0.2, 0.25) is 5.43 Å². The molecule has 1 fully saturated rings. The van der Waals surface area contributed by atoms with Crippen molar-refractivity contribution in [3.8, 4) is 5.75 Å². The van der Waals surface area contributed by atoms with E-state index in [2.05, 4.69) is 11.6 Å². The minimum Gasteiger partial charge on any atom is -0.482 e. The third kappa shape index (κ3) is 4.12. The number of nitrogens with zero attached hydrogens (tertiary/aromatic N) is 3. The van der Waals surface area contributed by atoms with Gasteiger partial charge in [0.05, 0.1) is 6.04 Å². The van der Waals surface area contributed by atoms with Crippen LogP contribution in [0.4, 0.5) is 0 Å². The lowest BCUT2D eigenvalue weighted by atomic mass is 9.81. The van der Waals surface area contributed by atoms with Crippen molar-refractivity contribution in [2.45, 2.75) is 38.1 Å². The van der Waals surface area contributed by atoms with Crippen molar-refractivity contribution < 1.29 is 9.53 Å². The number of amides is 1. The largest absolute Gasteiger partial charge is 0.482 e. The third-order valence-electron chi connectivity index (χ3n) is 7.01. The lowest BCUT2D eigenvalue weighted by Gasteiger charge is -2.54. The van der Waals surface area contributed by atoms with Crippen molar-refractivity contribution in [3.63, 3.8) is 0 Å². The van der Waals surface area contributed by atoms with Gasteiger partial charge in [-0.1, -0.05) is 66.2 Å². The Kier molecular flexibility index (Phi) is 6.39. The van der Waals surface area contributed by atoms with Gasteiger partial charge in [-0.25, -0.2) is 0 Å². The Labute approximate surface area is 210 Å². The molecule has 0 radical (unpaired) electrons. The van der Waals surface area contributed by atoms with Crippen LogP contribution < -0.4 is 15.2 Å². The van der Waals surface area contributed by atoms with Crippen molar-refractivity contribution in [1.82, 2.24) is 9.58 Å². The summed E-state index contributed by atoms with van der Waals surface area (Å²) >= 11 is 6.70. The molecule has 1 amide bonds. The van der Waals surface area contributed by atoms with Crippen molar-refractivity contribution in [1.29, 1.82) is 0 Å². The molecule has 3 heterocycles. The molecule has 5 rings (SSSR count). The van der Waals surface area contributed by atoms with Crippen LogP contribution in [0.1, 0.15) is 46.9 Å². The van der Waals surface area contributed by atoms with Crippen LogP contribution in [-0.4, -0.2) is 28.7 Å². The molecule has 0 aliphatic carbocycles. The number of carbonyl (C=O) groups excluding carboxylic acids is 1. The van der Waals surface area contributed by atoms with Crippen molar-refractivity contribution in [2.75, 3.05) is 12.1 Å². The Balaban J connectivity index is 1.65. The van der Waals surface area contributed by atoms with Crippen LogP contribution in [0, 0.1) is 5.92 Å². The Hall–Kier alpha value is -3.51. The van der Waals surface area contributed by atoms with E-state index in [9.17, 15) is 9.59 Å². The van der Waals surface area contributed by atoms with Crippen LogP contribution in [0.2, 0.25) is 5.02 Å². The van der Waals surface area contributed by atoms with E-state index in [0.29, 0.717) is 5.02 Å². The molecule has 0 saturated carbocycles. The van der Waals surface area contributed by atoms with Crippen LogP contribution in [0.15, 0.2) is 84.3 Å². The average Bonchev–Trinajstić information content (AvgIpc) is 2.87. The predicted molar refractivity (Wildman–Crippen MR) is 137 cm³/mol. The number of piperidine rings is 1. The first-order valence-corrected chi connectivity index (χ1v) is 12.2. The molecule has 2 aliphatic heterocycles. The van der Waals surface area contributed by atoms with Crippen LogP contribution in [0.3, 0.4) is 0 Å². The maximum Gasteiger partial charge on any atom is 0.277 e. The number of fused-ring (bicyclic) bond motifs is 3. The van der Waals surface area contributed by atoms with Gasteiger partial charge in [-0.15, -0.1) is 6.58 Å². The Morgan fingerprint density at radius 3 is 2.54 bits per heavy atom. The molecule has 1 saturated heterocycles. The smallest absolute Gasteiger partial charge is 0.277 e. The first-order valence-electron chi connectivity index (χ1n) is 11.8. The Morgan fingerprint density at radius 2 is 1.80 bits per heavy atom. The second-order valence-electron chi connectivity index (χ2n) is 9.08. The fourth-order valence-electron chi connectivity index (χ4n) is 5.34. The van der Waals surface area contributed by atoms with Gasteiger partial charge in [0.15, 0.2) is 11.4 Å². The molecule has 6 nitrogen and oxygen atoms in total. The lowest BCUT2D eigenvalue weighted by Crippen LogP contribution is -2.64. The van der Waals surface area contributed by atoms with E-state index in [1.165, 1.54) is 6.07 Å². The molecule has 180 valence electrons. The summed E-state index contributed by atoms with van der Waals surface area (Å²) in [5, 5.41) is 2.86. The highest BCUT2D eigenvalue weighted by Crippen LogP contribution is 2.44. The van der Waals surface area contributed by atoms with E-state index < -0.39 is 0 Å². The monoisotopic (exact) mass is 489 g/mol. The fraction of sp³-hybridized carbons (Fsp3) is 0.286. The maximum atomic E-state index is 13.6. The van der Waals surface area contributed by atoms with Crippen molar-refractivity contribution in [3.05, 3.63) is 112 Å². The molecule has 35 heavy (non-hydrogen) atoms. The summed E-state index contributed by atoms with van der Waals surface area (Å²) in [6, 6.07) is 18.8. The minimum absolute atomic E-state index is 0.0652. The summed E-state index contributed by atoms with van der Waals surface area (Å²) in [6.45, 7) is 4.17. The first kappa shape index (κ1) is 23.2. The third-order valence-corrected chi connectivity index (χ3v) is 7.35. The number of hydrogen-bond donors (Lipinski definition) is 0. The van der Waals surface area contributed by atoms with Crippen LogP contribution in [0.25, 0.3) is 0 Å². The first-order chi connectivity index (χ1) is 17.0. The van der Waals surface area contributed by atoms with Crippen LogP contribution >= 0.6 is 11.6 Å². The van der Waals surface area contributed by atoms with E-state index in [4.69, 9.17) is 16.3 Å². The number of carbonyl (C=O) groups is 1. The Bertz CT molecular complexity index is 1310. The fourth-order valence-corrected chi connectivity index (χ4v) is 5.59. The molecule has 3 aromatic rings. The number of hydrogen-bond acceptors (Lipinski definition) is 4. The maximum absolute atomic E-state index is 13.6. The topological polar surface area (TPSA) is 54.8 Å². The quantitative estimate of drug-likeness (QED) is 0.449. The van der Waals surface area contributed by atoms with E-state index in [0.717, 1.165) is 30.4 Å². The summed E-state index contributed by atoms with van der Waals surface area (Å²) < 4.78 is 7.83. The normalized spacial score (nSPS) is 21.3. The molecule has 0 bridgehead atoms. The number of allylic oxidation sites excluding steroid dienone is 1. The van der Waals surface area contributed by atoms with Crippen LogP contribution in [0.5, 0.6) is 5.75 Å². The predicted octanol–water partition coefficient (Wildman–Crippen LogP) is 5.16. The number of benzene rings is 2. The Morgan fingerprint density at radius 1 is 1.06 bits per heavy atom. The highest BCUT2D eigenvalue weighted by atomic mass is 35.5.